The van der Waals surface area contributed by atoms with Crippen LogP contribution in [-0.4, -0.2) is 23.4 Å². The smallest absolute Gasteiger partial charge is 0.227 e. The maximum Gasteiger partial charge on any atom is 0.227 e. The van der Waals surface area contributed by atoms with Crippen LogP contribution < -0.4 is 5.73 Å². The zero-order valence-electron chi connectivity index (χ0n) is 13.1. The Labute approximate surface area is 123 Å². The summed E-state index contributed by atoms with van der Waals surface area (Å²) in [5.41, 5.74) is 7.87. The van der Waals surface area contributed by atoms with E-state index in [0.717, 1.165) is 36.9 Å². The van der Waals surface area contributed by atoms with E-state index in [2.05, 4.69) is 20.8 Å². The predicted octanol–water partition coefficient (Wildman–Crippen LogP) is 3.12. The van der Waals surface area contributed by atoms with Crippen molar-refractivity contribution in [1.29, 1.82) is 0 Å². The number of carbonyl (C=O) groups is 1. The Morgan fingerprint density at radius 1 is 1.25 bits per heavy atom. The minimum atomic E-state index is 0.216. The van der Waals surface area contributed by atoms with Crippen molar-refractivity contribution in [3.8, 4) is 0 Å². The first-order valence-electron chi connectivity index (χ1n) is 7.70. The summed E-state index contributed by atoms with van der Waals surface area (Å²) in [6.45, 7) is 7.76. The zero-order chi connectivity index (χ0) is 15.0. The number of nitrogens with two attached hydrogens (primary N) is 1. The Morgan fingerprint density at radius 3 is 2.45 bits per heavy atom. The van der Waals surface area contributed by atoms with Gasteiger partial charge in [-0.1, -0.05) is 44.5 Å². The van der Waals surface area contributed by atoms with Gasteiger partial charge in [0.25, 0.3) is 0 Å². The second kappa shape index (κ2) is 8.75. The first kappa shape index (κ1) is 16.7. The highest BCUT2D eigenvalue weighted by atomic mass is 16.2. The number of benzene rings is 1. The minimum absolute atomic E-state index is 0.216. The number of unbranched alkanes of at least 4 members (excludes halogenated alkanes) is 1. The Morgan fingerprint density at radius 2 is 1.90 bits per heavy atom. The molecule has 0 saturated heterocycles. The third-order valence-corrected chi connectivity index (χ3v) is 3.88. The van der Waals surface area contributed by atoms with Gasteiger partial charge in [-0.15, -0.1) is 0 Å². The Balaban J connectivity index is 2.79. The van der Waals surface area contributed by atoms with Gasteiger partial charge in [-0.2, -0.15) is 0 Å². The fourth-order valence-corrected chi connectivity index (χ4v) is 2.33. The van der Waals surface area contributed by atoms with Gasteiger partial charge in [-0.05, 0) is 30.9 Å². The third-order valence-electron chi connectivity index (χ3n) is 3.88. The zero-order valence-corrected chi connectivity index (χ0v) is 13.1. The van der Waals surface area contributed by atoms with E-state index in [1.807, 2.05) is 29.2 Å². The molecule has 1 rings (SSSR count). The molecule has 0 bridgehead atoms. The first-order chi connectivity index (χ1) is 9.63. The summed E-state index contributed by atoms with van der Waals surface area (Å²) >= 11 is 0. The van der Waals surface area contributed by atoms with E-state index in [-0.39, 0.29) is 5.91 Å². The van der Waals surface area contributed by atoms with E-state index < -0.39 is 0 Å². The van der Waals surface area contributed by atoms with Crippen molar-refractivity contribution >= 4 is 5.91 Å². The van der Waals surface area contributed by atoms with E-state index >= 15 is 0 Å². The lowest BCUT2D eigenvalue weighted by atomic mass is 10.0. The van der Waals surface area contributed by atoms with E-state index in [0.29, 0.717) is 19.0 Å². The molecule has 0 spiro atoms. The van der Waals surface area contributed by atoms with Crippen LogP contribution in [0.3, 0.4) is 0 Å². The standard InChI is InChI=1S/C17H28N2O/c1-4-6-11-19(14(3)5-2)17(20)12-15-9-7-8-10-16(15)13-18/h7-10,14H,4-6,11-13,18H2,1-3H3. The molecule has 1 atom stereocenters. The van der Waals surface area contributed by atoms with Gasteiger partial charge in [0.1, 0.15) is 0 Å². The molecular formula is C17H28N2O. The number of hydrogen-bond acceptors (Lipinski definition) is 2. The summed E-state index contributed by atoms with van der Waals surface area (Å²) in [7, 11) is 0. The van der Waals surface area contributed by atoms with Crippen LogP contribution in [-0.2, 0) is 17.8 Å². The van der Waals surface area contributed by atoms with Crippen molar-refractivity contribution in [1.82, 2.24) is 4.90 Å². The van der Waals surface area contributed by atoms with Gasteiger partial charge in [0.2, 0.25) is 5.91 Å². The number of amides is 1. The van der Waals surface area contributed by atoms with Crippen LogP contribution >= 0.6 is 0 Å². The predicted molar refractivity (Wildman–Crippen MR) is 84.4 cm³/mol. The topological polar surface area (TPSA) is 46.3 Å². The SMILES string of the molecule is CCCCN(C(=O)Cc1ccccc1CN)C(C)CC. The summed E-state index contributed by atoms with van der Waals surface area (Å²) < 4.78 is 0. The molecule has 1 amide bonds. The lowest BCUT2D eigenvalue weighted by Gasteiger charge is -2.29. The summed E-state index contributed by atoms with van der Waals surface area (Å²) in [6.07, 6.45) is 3.63. The van der Waals surface area contributed by atoms with Crippen LogP contribution in [0.1, 0.15) is 51.2 Å². The van der Waals surface area contributed by atoms with E-state index in [4.69, 9.17) is 5.73 Å². The van der Waals surface area contributed by atoms with Gasteiger partial charge in [0, 0.05) is 19.1 Å². The molecule has 0 fully saturated rings. The molecule has 0 saturated carbocycles. The van der Waals surface area contributed by atoms with Crippen LogP contribution in [0.4, 0.5) is 0 Å². The average Bonchev–Trinajstić information content (AvgIpc) is 2.47. The second-order valence-corrected chi connectivity index (χ2v) is 5.35. The summed E-state index contributed by atoms with van der Waals surface area (Å²) in [4.78, 5) is 14.6. The summed E-state index contributed by atoms with van der Waals surface area (Å²) in [5.74, 6) is 0.216. The first-order valence-corrected chi connectivity index (χ1v) is 7.70. The van der Waals surface area contributed by atoms with Crippen molar-refractivity contribution < 1.29 is 4.79 Å². The Bertz CT molecular complexity index is 417. The van der Waals surface area contributed by atoms with Gasteiger partial charge >= 0.3 is 0 Å². The van der Waals surface area contributed by atoms with E-state index in [1.54, 1.807) is 0 Å². The van der Waals surface area contributed by atoms with Crippen molar-refractivity contribution in [3.05, 3.63) is 35.4 Å². The van der Waals surface area contributed by atoms with Gasteiger partial charge in [0.05, 0.1) is 6.42 Å². The van der Waals surface area contributed by atoms with Crippen LogP contribution in [0.15, 0.2) is 24.3 Å². The Kier molecular flexibility index (Phi) is 7.31. The molecule has 1 aromatic carbocycles. The molecule has 1 aromatic rings. The molecule has 3 nitrogen and oxygen atoms in total. The van der Waals surface area contributed by atoms with Gasteiger partial charge in [-0.25, -0.2) is 0 Å². The van der Waals surface area contributed by atoms with Crippen molar-refractivity contribution in [2.24, 2.45) is 5.73 Å². The van der Waals surface area contributed by atoms with Crippen LogP contribution in [0.25, 0.3) is 0 Å². The number of carbonyl (C=O) groups excluding carboxylic acids is 1. The highest BCUT2D eigenvalue weighted by Crippen LogP contribution is 2.13. The van der Waals surface area contributed by atoms with Crippen LogP contribution in [0.2, 0.25) is 0 Å². The molecule has 0 radical (unpaired) electrons. The Hall–Kier alpha value is -1.35. The normalized spacial score (nSPS) is 12.2. The molecule has 0 aliphatic rings. The average molecular weight is 276 g/mol. The lowest BCUT2D eigenvalue weighted by Crippen LogP contribution is -2.40. The van der Waals surface area contributed by atoms with Crippen molar-refractivity contribution in [2.45, 2.75) is 59.0 Å². The maximum atomic E-state index is 12.6. The molecule has 0 aliphatic heterocycles. The van der Waals surface area contributed by atoms with Crippen LogP contribution in [0.5, 0.6) is 0 Å². The highest BCUT2D eigenvalue weighted by Gasteiger charge is 2.19. The quantitative estimate of drug-likeness (QED) is 0.793. The number of hydrogen-bond donors (Lipinski definition) is 1. The van der Waals surface area contributed by atoms with Gasteiger partial charge in [0.15, 0.2) is 0 Å². The molecule has 1 unspecified atom stereocenters. The van der Waals surface area contributed by atoms with E-state index in [1.165, 1.54) is 0 Å². The van der Waals surface area contributed by atoms with E-state index in [9.17, 15) is 4.79 Å². The fourth-order valence-electron chi connectivity index (χ4n) is 2.33. The third kappa shape index (κ3) is 4.64. The second-order valence-electron chi connectivity index (χ2n) is 5.35. The van der Waals surface area contributed by atoms with Crippen molar-refractivity contribution in [2.75, 3.05) is 6.54 Å². The molecule has 0 heterocycles. The highest BCUT2D eigenvalue weighted by molar-refractivity contribution is 5.79. The van der Waals surface area contributed by atoms with Gasteiger partial charge in [-0.3, -0.25) is 4.79 Å². The minimum Gasteiger partial charge on any atom is -0.340 e. The molecule has 3 heteroatoms. The van der Waals surface area contributed by atoms with Crippen molar-refractivity contribution in [3.63, 3.8) is 0 Å². The molecule has 0 aromatic heterocycles. The number of nitrogens with zero attached hydrogens (tertiary/aromatic N) is 1. The fraction of sp³-hybridized carbons (Fsp3) is 0.588. The largest absolute Gasteiger partial charge is 0.340 e. The monoisotopic (exact) mass is 276 g/mol. The number of rotatable bonds is 8. The lowest BCUT2D eigenvalue weighted by molar-refractivity contribution is -0.132. The summed E-state index contributed by atoms with van der Waals surface area (Å²) in [6, 6.07) is 8.26. The maximum absolute atomic E-state index is 12.6. The van der Waals surface area contributed by atoms with Gasteiger partial charge < -0.3 is 10.6 Å². The summed E-state index contributed by atoms with van der Waals surface area (Å²) in [5, 5.41) is 0. The van der Waals surface area contributed by atoms with Crippen LogP contribution in [0, 0.1) is 0 Å². The molecule has 0 aliphatic carbocycles. The molecule has 112 valence electrons. The molecular weight excluding hydrogens is 248 g/mol. The molecule has 20 heavy (non-hydrogen) atoms. The molecule has 2 N–H and O–H groups in total.